The molecule has 0 unspecified atom stereocenters. The summed E-state index contributed by atoms with van der Waals surface area (Å²) < 4.78 is 0. The van der Waals surface area contributed by atoms with Gasteiger partial charge in [-0.1, -0.05) is 30.3 Å². The Morgan fingerprint density at radius 1 is 0.958 bits per heavy atom. The van der Waals surface area contributed by atoms with Crippen LogP contribution in [0.15, 0.2) is 54.6 Å². The van der Waals surface area contributed by atoms with Crippen molar-refractivity contribution in [2.24, 2.45) is 0 Å². The predicted octanol–water partition coefficient (Wildman–Crippen LogP) is 3.00. The molecule has 0 atom stereocenters. The van der Waals surface area contributed by atoms with Crippen LogP contribution in [0.1, 0.15) is 22.3 Å². The molecule has 0 fully saturated rings. The van der Waals surface area contributed by atoms with E-state index in [1.807, 2.05) is 49.3 Å². The molecule has 0 saturated heterocycles. The summed E-state index contributed by atoms with van der Waals surface area (Å²) in [7, 11) is 6.08. The monoisotopic (exact) mass is 325 g/mol. The Labute approximate surface area is 145 Å². The molecule has 0 aromatic heterocycles. The van der Waals surface area contributed by atoms with Crippen molar-refractivity contribution < 1.29 is 4.79 Å². The Morgan fingerprint density at radius 3 is 2.25 bits per heavy atom. The second-order valence-corrected chi connectivity index (χ2v) is 6.27. The van der Waals surface area contributed by atoms with E-state index in [1.165, 1.54) is 5.56 Å². The average Bonchev–Trinajstić information content (AvgIpc) is 2.59. The van der Waals surface area contributed by atoms with Crippen molar-refractivity contribution >= 4 is 11.6 Å². The lowest BCUT2D eigenvalue weighted by atomic mass is 10.2. The molecule has 0 radical (unpaired) electrons. The van der Waals surface area contributed by atoms with E-state index in [4.69, 9.17) is 0 Å². The molecule has 2 aromatic carbocycles. The second kappa shape index (κ2) is 9.08. The molecule has 0 aliphatic rings. The van der Waals surface area contributed by atoms with Gasteiger partial charge in [-0.2, -0.15) is 0 Å². The Hall–Kier alpha value is -2.33. The third-order valence-corrected chi connectivity index (χ3v) is 3.94. The number of carbonyl (C=O) groups is 1. The number of hydrogen-bond donors (Lipinski definition) is 1. The zero-order chi connectivity index (χ0) is 17.4. The summed E-state index contributed by atoms with van der Waals surface area (Å²) in [4.78, 5) is 16.4. The fourth-order valence-electron chi connectivity index (χ4n) is 2.54. The van der Waals surface area contributed by atoms with Crippen molar-refractivity contribution in [2.75, 3.05) is 39.1 Å². The molecule has 0 heterocycles. The van der Waals surface area contributed by atoms with Crippen molar-refractivity contribution in [3.05, 3.63) is 65.7 Å². The summed E-state index contributed by atoms with van der Waals surface area (Å²) in [5.41, 5.74) is 3.11. The molecule has 0 aliphatic heterocycles. The topological polar surface area (TPSA) is 35.6 Å². The van der Waals surface area contributed by atoms with Gasteiger partial charge in [-0.25, -0.2) is 0 Å². The second-order valence-electron chi connectivity index (χ2n) is 6.27. The first kappa shape index (κ1) is 18.0. The van der Waals surface area contributed by atoms with Crippen LogP contribution in [0.25, 0.3) is 0 Å². The minimum Gasteiger partial charge on any atom is -0.378 e. The summed E-state index contributed by atoms with van der Waals surface area (Å²) in [5.74, 6) is -0.00832. The number of benzene rings is 2. The molecule has 2 rings (SSSR count). The van der Waals surface area contributed by atoms with Crippen LogP contribution in [0.2, 0.25) is 0 Å². The minimum absolute atomic E-state index is 0.00832. The third-order valence-electron chi connectivity index (χ3n) is 3.94. The Kier molecular flexibility index (Phi) is 6.82. The predicted molar refractivity (Wildman–Crippen MR) is 100 cm³/mol. The number of nitrogens with one attached hydrogen (secondary N) is 1. The quantitative estimate of drug-likeness (QED) is 0.758. The maximum absolute atomic E-state index is 12.1. The van der Waals surface area contributed by atoms with Gasteiger partial charge in [-0.15, -0.1) is 0 Å². The highest BCUT2D eigenvalue weighted by Gasteiger charge is 2.06. The summed E-state index contributed by atoms with van der Waals surface area (Å²) in [5, 5.41) is 2.99. The van der Waals surface area contributed by atoms with Gasteiger partial charge < -0.3 is 15.1 Å². The smallest absolute Gasteiger partial charge is 0.251 e. The van der Waals surface area contributed by atoms with E-state index in [2.05, 4.69) is 41.5 Å². The van der Waals surface area contributed by atoms with E-state index in [-0.39, 0.29) is 5.91 Å². The van der Waals surface area contributed by atoms with Gasteiger partial charge in [0.1, 0.15) is 0 Å². The van der Waals surface area contributed by atoms with Crippen LogP contribution in [0.3, 0.4) is 0 Å². The summed E-state index contributed by atoms with van der Waals surface area (Å²) >= 11 is 0. The zero-order valence-electron chi connectivity index (χ0n) is 14.8. The SMILES string of the molecule is CN(CCCNC(=O)c1ccc(N(C)C)cc1)Cc1ccccc1. The first-order valence-electron chi connectivity index (χ1n) is 8.34. The number of nitrogens with zero attached hydrogens (tertiary/aromatic N) is 2. The molecular weight excluding hydrogens is 298 g/mol. The fraction of sp³-hybridized carbons (Fsp3) is 0.350. The van der Waals surface area contributed by atoms with Crippen LogP contribution in [-0.4, -0.2) is 45.0 Å². The van der Waals surface area contributed by atoms with Gasteiger partial charge in [0.2, 0.25) is 0 Å². The third kappa shape index (κ3) is 5.70. The first-order chi connectivity index (χ1) is 11.6. The zero-order valence-corrected chi connectivity index (χ0v) is 14.8. The van der Waals surface area contributed by atoms with E-state index in [0.29, 0.717) is 12.1 Å². The maximum atomic E-state index is 12.1. The van der Waals surface area contributed by atoms with Crippen LogP contribution < -0.4 is 10.2 Å². The van der Waals surface area contributed by atoms with E-state index >= 15 is 0 Å². The Morgan fingerprint density at radius 2 is 1.62 bits per heavy atom. The molecule has 0 saturated carbocycles. The normalized spacial score (nSPS) is 10.7. The standard InChI is InChI=1S/C20H27N3O/c1-22(2)19-12-10-18(11-13-19)20(24)21-14-7-15-23(3)16-17-8-5-4-6-9-17/h4-6,8-13H,7,14-16H2,1-3H3,(H,21,24). The van der Waals surface area contributed by atoms with Gasteiger partial charge in [0.25, 0.3) is 5.91 Å². The number of hydrogen-bond acceptors (Lipinski definition) is 3. The Bertz CT molecular complexity index is 623. The van der Waals surface area contributed by atoms with Crippen LogP contribution in [-0.2, 0) is 6.54 Å². The van der Waals surface area contributed by atoms with Crippen molar-refractivity contribution in [3.63, 3.8) is 0 Å². The van der Waals surface area contributed by atoms with Crippen molar-refractivity contribution in [3.8, 4) is 0 Å². The van der Waals surface area contributed by atoms with Gasteiger partial charge in [0.15, 0.2) is 0 Å². The van der Waals surface area contributed by atoms with Crippen molar-refractivity contribution in [1.82, 2.24) is 10.2 Å². The summed E-state index contributed by atoms with van der Waals surface area (Å²) in [6.07, 6.45) is 0.935. The molecule has 1 amide bonds. The summed E-state index contributed by atoms with van der Waals surface area (Å²) in [6.45, 7) is 2.57. The fourth-order valence-corrected chi connectivity index (χ4v) is 2.54. The number of anilines is 1. The van der Waals surface area contributed by atoms with E-state index < -0.39 is 0 Å². The lowest BCUT2D eigenvalue weighted by Crippen LogP contribution is -2.28. The number of carbonyl (C=O) groups excluding carboxylic acids is 1. The van der Waals surface area contributed by atoms with Crippen molar-refractivity contribution in [1.29, 1.82) is 0 Å². The highest BCUT2D eigenvalue weighted by Crippen LogP contribution is 2.12. The van der Waals surface area contributed by atoms with Gasteiger partial charge in [0, 0.05) is 38.4 Å². The molecule has 1 N–H and O–H groups in total. The molecule has 2 aromatic rings. The maximum Gasteiger partial charge on any atom is 0.251 e. The highest BCUT2D eigenvalue weighted by molar-refractivity contribution is 5.94. The molecule has 24 heavy (non-hydrogen) atoms. The van der Waals surface area contributed by atoms with Gasteiger partial charge >= 0.3 is 0 Å². The lowest BCUT2D eigenvalue weighted by Gasteiger charge is -2.17. The van der Waals surface area contributed by atoms with Gasteiger partial charge in [-0.05, 0) is 49.8 Å². The molecule has 4 heteroatoms. The van der Waals surface area contributed by atoms with Crippen molar-refractivity contribution in [2.45, 2.75) is 13.0 Å². The first-order valence-corrected chi connectivity index (χ1v) is 8.34. The number of rotatable bonds is 8. The van der Waals surface area contributed by atoms with Gasteiger partial charge in [0.05, 0.1) is 0 Å². The van der Waals surface area contributed by atoms with Crippen LogP contribution in [0, 0.1) is 0 Å². The average molecular weight is 325 g/mol. The molecule has 0 spiro atoms. The van der Waals surface area contributed by atoms with E-state index in [1.54, 1.807) is 0 Å². The minimum atomic E-state index is -0.00832. The van der Waals surface area contributed by atoms with Crippen LogP contribution >= 0.6 is 0 Å². The highest BCUT2D eigenvalue weighted by atomic mass is 16.1. The molecule has 0 bridgehead atoms. The molecule has 0 aliphatic carbocycles. The molecule has 128 valence electrons. The van der Waals surface area contributed by atoms with Crippen LogP contribution in [0.5, 0.6) is 0 Å². The largest absolute Gasteiger partial charge is 0.378 e. The van der Waals surface area contributed by atoms with Crippen LogP contribution in [0.4, 0.5) is 5.69 Å². The van der Waals surface area contributed by atoms with E-state index in [0.717, 1.165) is 25.2 Å². The lowest BCUT2D eigenvalue weighted by molar-refractivity contribution is 0.0952. The Balaban J connectivity index is 1.69. The number of amides is 1. The van der Waals surface area contributed by atoms with E-state index in [9.17, 15) is 4.79 Å². The summed E-state index contributed by atoms with van der Waals surface area (Å²) in [6, 6.07) is 18.1. The van der Waals surface area contributed by atoms with Gasteiger partial charge in [-0.3, -0.25) is 4.79 Å². The molecule has 4 nitrogen and oxygen atoms in total. The molecular formula is C20H27N3O.